The zero-order valence-electron chi connectivity index (χ0n) is 8.35. The fraction of sp³-hybridized carbons (Fsp3) is 0.182. The Balaban J connectivity index is 2.21. The van der Waals surface area contributed by atoms with Crippen LogP contribution in [0.5, 0.6) is 5.75 Å². The fourth-order valence-electron chi connectivity index (χ4n) is 1.36. The number of nitrogens with zero attached hydrogens (tertiary/aromatic N) is 2. The molecule has 0 saturated heterocycles. The number of hydrogen-bond acceptors (Lipinski definition) is 2. The van der Waals surface area contributed by atoms with Gasteiger partial charge in [-0.1, -0.05) is 30.3 Å². The third-order valence-electron chi connectivity index (χ3n) is 2.14. The number of ether oxygens (including phenoxy) is 1. The Hall–Kier alpha value is -1.29. The maximum atomic E-state index is 5.13. The smallest absolute Gasteiger partial charge is 0.171 e. The number of hydrogen-bond donors (Lipinski definition) is 0. The first-order valence-corrected chi connectivity index (χ1v) is 5.40. The van der Waals surface area contributed by atoms with Crippen LogP contribution < -0.4 is 4.74 Å². The minimum atomic E-state index is 0.741. The molecule has 0 fully saturated rings. The van der Waals surface area contributed by atoms with Gasteiger partial charge in [0.25, 0.3) is 0 Å². The highest BCUT2D eigenvalue weighted by molar-refractivity contribution is 9.10. The molecule has 0 bridgehead atoms. The van der Waals surface area contributed by atoms with E-state index < -0.39 is 0 Å². The van der Waals surface area contributed by atoms with Crippen molar-refractivity contribution in [2.24, 2.45) is 0 Å². The maximum Gasteiger partial charge on any atom is 0.171 e. The summed E-state index contributed by atoms with van der Waals surface area (Å²) in [5.41, 5.74) is 1.21. The van der Waals surface area contributed by atoms with Crippen LogP contribution in [0.25, 0.3) is 0 Å². The molecule has 0 aliphatic carbocycles. The third kappa shape index (κ3) is 2.21. The van der Waals surface area contributed by atoms with Crippen LogP contribution in [0.4, 0.5) is 0 Å². The topological polar surface area (TPSA) is 27.1 Å². The molecule has 3 nitrogen and oxygen atoms in total. The van der Waals surface area contributed by atoms with Crippen LogP contribution in [0.2, 0.25) is 0 Å². The van der Waals surface area contributed by atoms with Gasteiger partial charge < -0.3 is 4.74 Å². The summed E-state index contributed by atoms with van der Waals surface area (Å²) in [6, 6.07) is 10.2. The lowest BCUT2D eigenvalue weighted by Crippen LogP contribution is -2.01. The number of rotatable bonds is 3. The molecule has 0 spiro atoms. The highest BCUT2D eigenvalue weighted by Gasteiger charge is 2.07. The molecule has 0 saturated carbocycles. The Morgan fingerprint density at radius 2 is 2.07 bits per heavy atom. The molecule has 1 aromatic heterocycles. The van der Waals surface area contributed by atoms with Crippen LogP contribution in [0, 0.1) is 0 Å². The Kier molecular flexibility index (Phi) is 3.06. The molecule has 0 aliphatic heterocycles. The zero-order chi connectivity index (χ0) is 10.7. The van der Waals surface area contributed by atoms with E-state index in [1.807, 2.05) is 22.9 Å². The molecule has 0 atom stereocenters. The van der Waals surface area contributed by atoms with Gasteiger partial charge in [-0.2, -0.15) is 5.10 Å². The Morgan fingerprint density at radius 1 is 1.33 bits per heavy atom. The van der Waals surface area contributed by atoms with Crippen molar-refractivity contribution < 1.29 is 4.74 Å². The van der Waals surface area contributed by atoms with Crippen molar-refractivity contribution in [1.82, 2.24) is 9.78 Å². The van der Waals surface area contributed by atoms with Gasteiger partial charge in [-0.25, -0.2) is 0 Å². The summed E-state index contributed by atoms with van der Waals surface area (Å²) in [5.74, 6) is 0.755. The van der Waals surface area contributed by atoms with Gasteiger partial charge in [0, 0.05) is 0 Å². The molecule has 15 heavy (non-hydrogen) atoms. The monoisotopic (exact) mass is 266 g/mol. The van der Waals surface area contributed by atoms with Crippen molar-refractivity contribution in [2.45, 2.75) is 6.54 Å². The van der Waals surface area contributed by atoms with Gasteiger partial charge in [0.1, 0.15) is 4.60 Å². The van der Waals surface area contributed by atoms with Crippen LogP contribution in [-0.2, 0) is 6.54 Å². The van der Waals surface area contributed by atoms with Gasteiger partial charge in [-0.3, -0.25) is 4.68 Å². The second-order valence-corrected chi connectivity index (χ2v) is 3.90. The zero-order valence-corrected chi connectivity index (χ0v) is 9.94. The number of aromatic nitrogens is 2. The molecule has 4 heteroatoms. The predicted molar refractivity (Wildman–Crippen MR) is 62.0 cm³/mol. The minimum Gasteiger partial charge on any atom is -0.492 e. The van der Waals surface area contributed by atoms with Crippen molar-refractivity contribution in [1.29, 1.82) is 0 Å². The van der Waals surface area contributed by atoms with Crippen LogP contribution in [0.15, 0.2) is 41.1 Å². The summed E-state index contributed by atoms with van der Waals surface area (Å²) in [4.78, 5) is 0. The Morgan fingerprint density at radius 3 is 2.67 bits per heavy atom. The maximum absolute atomic E-state index is 5.13. The van der Waals surface area contributed by atoms with E-state index in [1.54, 1.807) is 13.3 Å². The second kappa shape index (κ2) is 4.49. The van der Waals surface area contributed by atoms with Gasteiger partial charge >= 0.3 is 0 Å². The van der Waals surface area contributed by atoms with E-state index in [0.717, 1.165) is 16.9 Å². The Labute approximate surface area is 96.8 Å². The number of methoxy groups -OCH3 is 1. The number of benzene rings is 1. The summed E-state index contributed by atoms with van der Waals surface area (Å²) < 4.78 is 7.86. The largest absolute Gasteiger partial charge is 0.492 e. The SMILES string of the molecule is COc1cnn(Cc2ccccc2)c1Br. The van der Waals surface area contributed by atoms with Crippen molar-refractivity contribution in [3.8, 4) is 5.75 Å². The van der Waals surface area contributed by atoms with Gasteiger partial charge in [0.05, 0.1) is 19.9 Å². The average Bonchev–Trinajstić information content (AvgIpc) is 2.62. The second-order valence-electron chi connectivity index (χ2n) is 3.15. The molecule has 0 radical (unpaired) electrons. The molecule has 1 aromatic carbocycles. The molecule has 0 unspecified atom stereocenters. The summed E-state index contributed by atoms with van der Waals surface area (Å²) >= 11 is 3.44. The lowest BCUT2D eigenvalue weighted by molar-refractivity contribution is 0.411. The lowest BCUT2D eigenvalue weighted by Gasteiger charge is -2.03. The first-order valence-electron chi connectivity index (χ1n) is 4.60. The summed E-state index contributed by atoms with van der Waals surface area (Å²) in [6.45, 7) is 0.741. The lowest BCUT2D eigenvalue weighted by atomic mass is 10.2. The number of halogens is 1. The molecule has 2 aromatic rings. The summed E-state index contributed by atoms with van der Waals surface area (Å²) in [5, 5.41) is 4.23. The summed E-state index contributed by atoms with van der Waals surface area (Å²) in [6.07, 6.45) is 1.70. The first kappa shape index (κ1) is 10.2. The Bertz CT molecular complexity index is 439. The molecule has 0 amide bonds. The first-order chi connectivity index (χ1) is 7.31. The van der Waals surface area contributed by atoms with E-state index in [9.17, 15) is 0 Å². The van der Waals surface area contributed by atoms with Crippen LogP contribution >= 0.6 is 15.9 Å². The van der Waals surface area contributed by atoms with Gasteiger partial charge in [0.15, 0.2) is 5.75 Å². The van der Waals surface area contributed by atoms with Gasteiger partial charge in [-0.15, -0.1) is 0 Å². The van der Waals surface area contributed by atoms with Crippen LogP contribution in [0.1, 0.15) is 5.56 Å². The molecule has 0 N–H and O–H groups in total. The van der Waals surface area contributed by atoms with E-state index in [2.05, 4.69) is 33.2 Å². The molecule has 1 heterocycles. The van der Waals surface area contributed by atoms with E-state index in [0.29, 0.717) is 0 Å². The molecule has 0 aliphatic rings. The average molecular weight is 267 g/mol. The van der Waals surface area contributed by atoms with Crippen molar-refractivity contribution >= 4 is 15.9 Å². The fourth-order valence-corrected chi connectivity index (χ4v) is 1.84. The predicted octanol–water partition coefficient (Wildman–Crippen LogP) is 2.70. The van der Waals surface area contributed by atoms with Crippen LogP contribution in [0.3, 0.4) is 0 Å². The van der Waals surface area contributed by atoms with Crippen molar-refractivity contribution in [3.63, 3.8) is 0 Å². The van der Waals surface area contributed by atoms with E-state index in [4.69, 9.17) is 4.74 Å². The van der Waals surface area contributed by atoms with Crippen LogP contribution in [-0.4, -0.2) is 16.9 Å². The molecule has 2 rings (SSSR count). The normalized spacial score (nSPS) is 10.3. The molecular weight excluding hydrogens is 256 g/mol. The minimum absolute atomic E-state index is 0.741. The van der Waals surface area contributed by atoms with Gasteiger partial charge in [0.2, 0.25) is 0 Å². The van der Waals surface area contributed by atoms with Crippen molar-refractivity contribution in [2.75, 3.05) is 7.11 Å². The third-order valence-corrected chi connectivity index (χ3v) is 2.94. The van der Waals surface area contributed by atoms with E-state index >= 15 is 0 Å². The van der Waals surface area contributed by atoms with E-state index in [-0.39, 0.29) is 0 Å². The summed E-state index contributed by atoms with van der Waals surface area (Å²) in [7, 11) is 1.63. The molecular formula is C11H11BrN2O. The molecule has 78 valence electrons. The highest BCUT2D eigenvalue weighted by Crippen LogP contribution is 2.24. The standard InChI is InChI=1S/C11H11BrN2O/c1-15-10-7-13-14(11(10)12)8-9-5-3-2-4-6-9/h2-7H,8H2,1H3. The highest BCUT2D eigenvalue weighted by atomic mass is 79.9. The van der Waals surface area contributed by atoms with Gasteiger partial charge in [-0.05, 0) is 21.5 Å². The quantitative estimate of drug-likeness (QED) is 0.854. The van der Waals surface area contributed by atoms with E-state index in [1.165, 1.54) is 5.56 Å². The van der Waals surface area contributed by atoms with Crippen molar-refractivity contribution in [3.05, 3.63) is 46.7 Å².